The largest absolute Gasteiger partial charge is 0.481 e. The van der Waals surface area contributed by atoms with Crippen molar-refractivity contribution < 1.29 is 29.8 Å². The highest BCUT2D eigenvalue weighted by Crippen LogP contribution is 2.24. The average Bonchev–Trinajstić information content (AvgIpc) is 2.64. The molecule has 0 bridgehead atoms. The quantitative estimate of drug-likeness (QED) is 0.425. The molecule has 0 radical (unpaired) electrons. The van der Waals surface area contributed by atoms with Crippen molar-refractivity contribution in [1.29, 1.82) is 0 Å². The van der Waals surface area contributed by atoms with Crippen molar-refractivity contribution in [3.8, 4) is 11.1 Å². The van der Waals surface area contributed by atoms with Crippen molar-refractivity contribution >= 4 is 17.8 Å². The highest BCUT2D eigenvalue weighted by atomic mass is 16.5. The molecule has 7 nitrogen and oxygen atoms in total. The molecule has 0 aliphatic heterocycles. The molecule has 1 atom stereocenters. The van der Waals surface area contributed by atoms with E-state index in [1.54, 1.807) is 30.3 Å². The van der Waals surface area contributed by atoms with Gasteiger partial charge in [0.25, 0.3) is 0 Å². The Kier molecular flexibility index (Phi) is 6.46. The fourth-order valence-electron chi connectivity index (χ4n) is 2.67. The summed E-state index contributed by atoms with van der Waals surface area (Å²) in [5.41, 5.74) is 3.93. The van der Waals surface area contributed by atoms with Crippen LogP contribution in [0.25, 0.3) is 11.1 Å². The molecule has 1 amide bonds. The lowest BCUT2D eigenvalue weighted by molar-refractivity contribution is -0.142. The summed E-state index contributed by atoms with van der Waals surface area (Å²) in [4.78, 5) is 33.6. The van der Waals surface area contributed by atoms with Crippen LogP contribution >= 0.6 is 0 Å². The van der Waals surface area contributed by atoms with Crippen LogP contribution in [-0.2, 0) is 16.0 Å². The van der Waals surface area contributed by atoms with E-state index < -0.39 is 23.8 Å². The third-order valence-corrected chi connectivity index (χ3v) is 4.05. The first-order chi connectivity index (χ1) is 12.4. The van der Waals surface area contributed by atoms with Crippen LogP contribution in [0, 0.1) is 5.92 Å². The topological polar surface area (TPSA) is 124 Å². The Morgan fingerprint density at radius 2 is 1.62 bits per heavy atom. The van der Waals surface area contributed by atoms with E-state index in [0.717, 1.165) is 16.7 Å². The number of aromatic carboxylic acids is 1. The molecule has 136 valence electrons. The average molecular weight is 357 g/mol. The number of amides is 1. The Balaban J connectivity index is 2.19. The number of carboxylic acids is 2. The lowest BCUT2D eigenvalue weighted by Crippen LogP contribution is -2.23. The van der Waals surface area contributed by atoms with E-state index in [9.17, 15) is 19.5 Å². The van der Waals surface area contributed by atoms with Gasteiger partial charge in [-0.15, -0.1) is 0 Å². The van der Waals surface area contributed by atoms with Crippen molar-refractivity contribution in [2.45, 2.75) is 19.3 Å². The van der Waals surface area contributed by atoms with Crippen molar-refractivity contribution in [2.75, 3.05) is 0 Å². The Morgan fingerprint density at radius 3 is 2.23 bits per heavy atom. The standard InChI is InChI=1S/C19H19NO6/c21-17(20-26)8-7-16(19(24)25)10-12-3-1-4-13(9-12)14-5-2-6-15(11-14)18(22)23/h1-6,9,11,16,26H,7-8,10H2,(H,20,21)(H,22,23)(H,24,25). The van der Waals surface area contributed by atoms with Gasteiger partial charge in [0.05, 0.1) is 11.5 Å². The van der Waals surface area contributed by atoms with Crippen LogP contribution in [0.2, 0.25) is 0 Å². The second-order valence-corrected chi connectivity index (χ2v) is 5.90. The lowest BCUT2D eigenvalue weighted by atomic mass is 9.92. The number of aliphatic carboxylic acids is 1. The van der Waals surface area contributed by atoms with E-state index in [1.165, 1.54) is 11.5 Å². The predicted molar refractivity (Wildman–Crippen MR) is 92.8 cm³/mol. The summed E-state index contributed by atoms with van der Waals surface area (Å²) in [6, 6.07) is 13.7. The summed E-state index contributed by atoms with van der Waals surface area (Å²) in [7, 11) is 0. The highest BCUT2D eigenvalue weighted by molar-refractivity contribution is 5.89. The fraction of sp³-hybridized carbons (Fsp3) is 0.211. The third-order valence-electron chi connectivity index (χ3n) is 4.05. The number of hydroxylamine groups is 1. The zero-order chi connectivity index (χ0) is 19.1. The molecular weight excluding hydrogens is 338 g/mol. The van der Waals surface area contributed by atoms with Crippen molar-refractivity contribution in [3.63, 3.8) is 0 Å². The first kappa shape index (κ1) is 19.1. The van der Waals surface area contributed by atoms with Crippen LogP contribution in [-0.4, -0.2) is 33.3 Å². The van der Waals surface area contributed by atoms with E-state index in [0.29, 0.717) is 0 Å². The molecule has 0 spiro atoms. The monoisotopic (exact) mass is 357 g/mol. The van der Waals surface area contributed by atoms with Gasteiger partial charge in [-0.25, -0.2) is 10.3 Å². The Hall–Kier alpha value is -3.19. The van der Waals surface area contributed by atoms with Crippen molar-refractivity contribution in [2.24, 2.45) is 5.92 Å². The summed E-state index contributed by atoms with van der Waals surface area (Å²) in [5, 5.41) is 27.0. The number of hydrogen-bond donors (Lipinski definition) is 4. The van der Waals surface area contributed by atoms with Gasteiger partial charge in [-0.05, 0) is 41.7 Å². The Bertz CT molecular complexity index is 817. The SMILES string of the molecule is O=C(CCC(Cc1cccc(-c2cccc(C(=O)O)c2)c1)C(=O)O)NO. The number of benzene rings is 2. The van der Waals surface area contributed by atoms with Crippen LogP contribution in [0.5, 0.6) is 0 Å². The van der Waals surface area contributed by atoms with Crippen molar-refractivity contribution in [3.05, 3.63) is 59.7 Å². The molecule has 0 fully saturated rings. The number of hydrogen-bond acceptors (Lipinski definition) is 4. The molecule has 0 saturated heterocycles. The van der Waals surface area contributed by atoms with Gasteiger partial charge in [-0.3, -0.25) is 14.8 Å². The Labute approximate surface area is 149 Å². The molecule has 0 aliphatic carbocycles. The number of carbonyl (C=O) groups excluding carboxylic acids is 1. The molecule has 2 aromatic carbocycles. The maximum absolute atomic E-state index is 11.4. The zero-order valence-corrected chi connectivity index (χ0v) is 13.9. The van der Waals surface area contributed by atoms with Gasteiger partial charge >= 0.3 is 11.9 Å². The van der Waals surface area contributed by atoms with Gasteiger partial charge < -0.3 is 10.2 Å². The van der Waals surface area contributed by atoms with Crippen LogP contribution < -0.4 is 5.48 Å². The molecule has 0 heterocycles. The molecule has 7 heteroatoms. The van der Waals surface area contributed by atoms with Gasteiger partial charge in [-0.1, -0.05) is 36.4 Å². The predicted octanol–water partition coefficient (Wildman–Crippen LogP) is 2.58. The number of rotatable bonds is 8. The minimum atomic E-state index is -1.02. The molecular formula is C19H19NO6. The second kappa shape index (κ2) is 8.77. The van der Waals surface area contributed by atoms with Crippen LogP contribution in [0.1, 0.15) is 28.8 Å². The zero-order valence-electron chi connectivity index (χ0n) is 13.9. The summed E-state index contributed by atoms with van der Waals surface area (Å²) in [5.74, 6) is -3.44. The summed E-state index contributed by atoms with van der Waals surface area (Å²) in [6.45, 7) is 0. The summed E-state index contributed by atoms with van der Waals surface area (Å²) < 4.78 is 0. The first-order valence-corrected chi connectivity index (χ1v) is 7.99. The minimum absolute atomic E-state index is 0.0895. The molecule has 2 aromatic rings. The van der Waals surface area contributed by atoms with Gasteiger partial charge in [-0.2, -0.15) is 0 Å². The lowest BCUT2D eigenvalue weighted by Gasteiger charge is -2.13. The minimum Gasteiger partial charge on any atom is -0.481 e. The summed E-state index contributed by atoms with van der Waals surface area (Å²) >= 11 is 0. The maximum Gasteiger partial charge on any atom is 0.335 e. The number of carboxylic acid groups (broad SMARTS) is 2. The van der Waals surface area contributed by atoms with Crippen LogP contribution in [0.3, 0.4) is 0 Å². The van der Waals surface area contributed by atoms with E-state index >= 15 is 0 Å². The number of nitrogens with one attached hydrogen (secondary N) is 1. The van der Waals surface area contributed by atoms with E-state index in [1.807, 2.05) is 12.1 Å². The number of carbonyl (C=O) groups is 3. The molecule has 2 rings (SSSR count). The van der Waals surface area contributed by atoms with Gasteiger partial charge in [0.2, 0.25) is 5.91 Å². The molecule has 26 heavy (non-hydrogen) atoms. The second-order valence-electron chi connectivity index (χ2n) is 5.90. The molecule has 0 aliphatic rings. The van der Waals surface area contributed by atoms with E-state index in [2.05, 4.69) is 0 Å². The molecule has 0 saturated carbocycles. The fourth-order valence-corrected chi connectivity index (χ4v) is 2.67. The van der Waals surface area contributed by atoms with Crippen molar-refractivity contribution in [1.82, 2.24) is 5.48 Å². The maximum atomic E-state index is 11.4. The summed E-state index contributed by atoms with van der Waals surface area (Å²) in [6.07, 6.45) is 0.231. The van der Waals surface area contributed by atoms with Crippen LogP contribution in [0.15, 0.2) is 48.5 Å². The van der Waals surface area contributed by atoms with Gasteiger partial charge in [0.1, 0.15) is 0 Å². The van der Waals surface area contributed by atoms with E-state index in [-0.39, 0.29) is 24.8 Å². The molecule has 4 N–H and O–H groups in total. The molecule has 1 unspecified atom stereocenters. The van der Waals surface area contributed by atoms with Crippen LogP contribution in [0.4, 0.5) is 0 Å². The van der Waals surface area contributed by atoms with Gasteiger partial charge in [0.15, 0.2) is 0 Å². The smallest absolute Gasteiger partial charge is 0.335 e. The Morgan fingerprint density at radius 1 is 0.962 bits per heavy atom. The van der Waals surface area contributed by atoms with E-state index in [4.69, 9.17) is 10.3 Å². The normalized spacial score (nSPS) is 11.6. The highest BCUT2D eigenvalue weighted by Gasteiger charge is 2.19. The molecule has 0 aromatic heterocycles. The van der Waals surface area contributed by atoms with Gasteiger partial charge in [0, 0.05) is 6.42 Å². The first-order valence-electron chi connectivity index (χ1n) is 7.99. The third kappa shape index (κ3) is 5.15.